The molecule has 0 aliphatic carbocycles. The summed E-state index contributed by atoms with van der Waals surface area (Å²) in [6.07, 6.45) is -3.48. The molecule has 0 saturated carbocycles. The number of rotatable bonds is 6. The van der Waals surface area contributed by atoms with Crippen LogP contribution in [0.1, 0.15) is 18.4 Å². The third kappa shape index (κ3) is 5.67. The molecule has 1 aromatic heterocycles. The first-order valence-electron chi connectivity index (χ1n) is 7.30. The first kappa shape index (κ1) is 20.1. The van der Waals surface area contributed by atoms with Gasteiger partial charge in [-0.15, -0.1) is 0 Å². The van der Waals surface area contributed by atoms with Crippen LogP contribution in [0.4, 0.5) is 19.0 Å². The van der Waals surface area contributed by atoms with Crippen molar-refractivity contribution in [2.45, 2.75) is 19.0 Å². The Balaban J connectivity index is 1.79. The van der Waals surface area contributed by atoms with Crippen molar-refractivity contribution in [2.75, 3.05) is 11.9 Å². The second kappa shape index (κ2) is 8.46. The maximum absolute atomic E-state index is 12.4. The third-order valence-corrected chi connectivity index (χ3v) is 3.70. The number of amides is 1. The van der Waals surface area contributed by atoms with Gasteiger partial charge in [-0.25, -0.2) is 4.98 Å². The molecule has 1 aromatic carbocycles. The SMILES string of the molecule is O=C(CCCOc1c(Cl)cc(O)cc1Cl)Nc1ccc(C(F)(F)F)cn1. The number of phenolic OH excluding ortho intramolecular Hbond substituents is 1. The molecule has 2 N–H and O–H groups in total. The summed E-state index contributed by atoms with van der Waals surface area (Å²) in [5.41, 5.74) is -0.897. The Kier molecular flexibility index (Phi) is 6.55. The maximum Gasteiger partial charge on any atom is 0.417 e. The smallest absolute Gasteiger partial charge is 0.417 e. The van der Waals surface area contributed by atoms with E-state index in [1.807, 2.05) is 0 Å². The van der Waals surface area contributed by atoms with Gasteiger partial charge < -0.3 is 15.2 Å². The zero-order chi connectivity index (χ0) is 19.3. The summed E-state index contributed by atoms with van der Waals surface area (Å²) in [4.78, 5) is 15.3. The van der Waals surface area contributed by atoms with Crippen molar-refractivity contribution in [3.63, 3.8) is 0 Å². The Labute approximate surface area is 156 Å². The van der Waals surface area contributed by atoms with Crippen LogP contribution < -0.4 is 10.1 Å². The van der Waals surface area contributed by atoms with Crippen LogP contribution in [0.25, 0.3) is 0 Å². The minimum absolute atomic E-state index is 0.0218. The second-order valence-electron chi connectivity index (χ2n) is 5.17. The first-order chi connectivity index (χ1) is 12.2. The highest BCUT2D eigenvalue weighted by atomic mass is 35.5. The fraction of sp³-hybridized carbons (Fsp3) is 0.250. The van der Waals surface area contributed by atoms with E-state index in [-0.39, 0.29) is 40.4 Å². The zero-order valence-electron chi connectivity index (χ0n) is 13.1. The van der Waals surface area contributed by atoms with Crippen LogP contribution in [0.5, 0.6) is 11.5 Å². The summed E-state index contributed by atoms with van der Waals surface area (Å²) < 4.78 is 42.7. The molecule has 0 bridgehead atoms. The molecule has 0 aliphatic rings. The van der Waals surface area contributed by atoms with Crippen molar-refractivity contribution >= 4 is 34.9 Å². The number of aromatic nitrogens is 1. The van der Waals surface area contributed by atoms with Crippen molar-refractivity contribution in [3.8, 4) is 11.5 Å². The zero-order valence-corrected chi connectivity index (χ0v) is 14.6. The lowest BCUT2D eigenvalue weighted by atomic mass is 10.2. The van der Waals surface area contributed by atoms with Crippen molar-refractivity contribution in [2.24, 2.45) is 0 Å². The molecule has 0 spiro atoms. The van der Waals surface area contributed by atoms with Gasteiger partial charge in [0, 0.05) is 24.8 Å². The molecule has 2 aromatic rings. The quantitative estimate of drug-likeness (QED) is 0.666. The van der Waals surface area contributed by atoms with Gasteiger partial charge in [0.25, 0.3) is 0 Å². The van der Waals surface area contributed by atoms with Gasteiger partial charge >= 0.3 is 6.18 Å². The maximum atomic E-state index is 12.4. The molecular formula is C16H13Cl2F3N2O3. The minimum atomic E-state index is -4.48. The van der Waals surface area contributed by atoms with Gasteiger partial charge in [-0.2, -0.15) is 13.2 Å². The number of nitrogens with one attached hydrogen (secondary N) is 1. The van der Waals surface area contributed by atoms with Gasteiger partial charge in [-0.3, -0.25) is 4.79 Å². The molecule has 1 amide bonds. The Morgan fingerprint density at radius 3 is 2.42 bits per heavy atom. The Morgan fingerprint density at radius 2 is 1.88 bits per heavy atom. The van der Waals surface area contributed by atoms with Gasteiger partial charge in [0.1, 0.15) is 11.6 Å². The van der Waals surface area contributed by atoms with Crippen molar-refractivity contribution in [3.05, 3.63) is 46.1 Å². The summed E-state index contributed by atoms with van der Waals surface area (Å²) in [6.45, 7) is 0.123. The van der Waals surface area contributed by atoms with Crippen molar-refractivity contribution < 1.29 is 27.8 Å². The summed E-state index contributed by atoms with van der Waals surface area (Å²) in [7, 11) is 0. The van der Waals surface area contributed by atoms with E-state index in [2.05, 4.69) is 10.3 Å². The number of hydrogen-bond acceptors (Lipinski definition) is 4. The Hall–Kier alpha value is -2.19. The van der Waals surface area contributed by atoms with Crippen LogP contribution >= 0.6 is 23.2 Å². The summed E-state index contributed by atoms with van der Waals surface area (Å²) >= 11 is 11.8. The lowest BCUT2D eigenvalue weighted by Gasteiger charge is -2.10. The van der Waals surface area contributed by atoms with E-state index in [9.17, 15) is 23.1 Å². The number of benzene rings is 1. The van der Waals surface area contributed by atoms with Crippen LogP contribution in [0.2, 0.25) is 10.0 Å². The number of alkyl halides is 3. The molecule has 0 aliphatic heterocycles. The monoisotopic (exact) mass is 408 g/mol. The number of carbonyl (C=O) groups is 1. The molecule has 10 heteroatoms. The molecule has 140 valence electrons. The number of hydrogen-bond donors (Lipinski definition) is 2. The van der Waals surface area contributed by atoms with Crippen molar-refractivity contribution in [1.29, 1.82) is 0 Å². The highest BCUT2D eigenvalue weighted by molar-refractivity contribution is 6.37. The summed E-state index contributed by atoms with van der Waals surface area (Å²) in [6, 6.07) is 4.45. The number of ether oxygens (including phenoxy) is 1. The van der Waals surface area contributed by atoms with Gasteiger partial charge in [-0.05, 0) is 18.6 Å². The van der Waals surface area contributed by atoms with E-state index in [0.29, 0.717) is 12.6 Å². The highest BCUT2D eigenvalue weighted by Crippen LogP contribution is 2.36. The highest BCUT2D eigenvalue weighted by Gasteiger charge is 2.30. The van der Waals surface area contributed by atoms with Crippen LogP contribution in [0.3, 0.4) is 0 Å². The van der Waals surface area contributed by atoms with Crippen LogP contribution in [-0.4, -0.2) is 22.6 Å². The number of halogens is 5. The molecule has 0 unspecified atom stereocenters. The molecule has 26 heavy (non-hydrogen) atoms. The molecule has 0 atom stereocenters. The Morgan fingerprint density at radius 1 is 1.23 bits per heavy atom. The van der Waals surface area contributed by atoms with E-state index in [1.165, 1.54) is 12.1 Å². The van der Waals surface area contributed by atoms with E-state index < -0.39 is 17.6 Å². The standard InChI is InChI=1S/C16H13Cl2F3N2O3/c17-11-6-10(24)7-12(18)15(11)26-5-1-2-14(25)23-13-4-3-9(8-22-13)16(19,20)21/h3-4,6-8,24H,1-2,5H2,(H,22,23,25). The summed E-state index contributed by atoms with van der Waals surface area (Å²) in [5.74, 6) is -0.316. The van der Waals surface area contributed by atoms with Gasteiger partial charge in [0.15, 0.2) is 5.75 Å². The molecule has 0 radical (unpaired) electrons. The van der Waals surface area contributed by atoms with Gasteiger partial charge in [-0.1, -0.05) is 23.2 Å². The first-order valence-corrected chi connectivity index (χ1v) is 8.06. The van der Waals surface area contributed by atoms with Crippen LogP contribution in [-0.2, 0) is 11.0 Å². The van der Waals surface area contributed by atoms with E-state index in [1.54, 1.807) is 0 Å². The number of nitrogens with zero attached hydrogens (tertiary/aromatic N) is 1. The predicted octanol–water partition coefficient (Wildman–Crippen LogP) is 4.91. The predicted molar refractivity (Wildman–Crippen MR) is 90.7 cm³/mol. The lowest BCUT2D eigenvalue weighted by molar-refractivity contribution is -0.137. The number of anilines is 1. The average molecular weight is 409 g/mol. The number of phenols is 1. The topological polar surface area (TPSA) is 71.5 Å². The van der Waals surface area contributed by atoms with Crippen molar-refractivity contribution in [1.82, 2.24) is 4.98 Å². The molecule has 2 rings (SSSR count). The van der Waals surface area contributed by atoms with Crippen LogP contribution in [0, 0.1) is 0 Å². The molecule has 5 nitrogen and oxygen atoms in total. The summed E-state index contributed by atoms with van der Waals surface area (Å²) in [5, 5.41) is 12.0. The molecule has 0 saturated heterocycles. The van der Waals surface area contributed by atoms with Gasteiger partial charge in [0.2, 0.25) is 5.91 Å². The average Bonchev–Trinajstić information content (AvgIpc) is 2.52. The molecular weight excluding hydrogens is 396 g/mol. The van der Waals surface area contributed by atoms with E-state index in [4.69, 9.17) is 27.9 Å². The number of aromatic hydroxyl groups is 1. The fourth-order valence-corrected chi connectivity index (χ4v) is 2.52. The van der Waals surface area contributed by atoms with E-state index in [0.717, 1.165) is 12.1 Å². The molecule has 1 heterocycles. The minimum Gasteiger partial charge on any atom is -0.508 e. The normalized spacial score (nSPS) is 11.3. The number of carbonyl (C=O) groups excluding carboxylic acids is 1. The Bertz CT molecular complexity index is 760. The van der Waals surface area contributed by atoms with Crippen LogP contribution in [0.15, 0.2) is 30.5 Å². The fourth-order valence-electron chi connectivity index (χ4n) is 1.93. The van der Waals surface area contributed by atoms with Gasteiger partial charge in [0.05, 0.1) is 22.2 Å². The third-order valence-electron chi connectivity index (χ3n) is 3.14. The van der Waals surface area contributed by atoms with E-state index >= 15 is 0 Å². The largest absolute Gasteiger partial charge is 0.508 e. The number of pyridine rings is 1. The molecule has 0 fully saturated rings. The second-order valence-corrected chi connectivity index (χ2v) is 5.98. The lowest BCUT2D eigenvalue weighted by Crippen LogP contribution is -2.14.